The van der Waals surface area contributed by atoms with E-state index in [4.69, 9.17) is 4.74 Å². The Morgan fingerprint density at radius 2 is 2.00 bits per heavy atom. The van der Waals surface area contributed by atoms with E-state index in [-0.39, 0.29) is 6.03 Å². The summed E-state index contributed by atoms with van der Waals surface area (Å²) in [4.78, 5) is 20.6. The van der Waals surface area contributed by atoms with Gasteiger partial charge in [-0.15, -0.1) is 0 Å². The van der Waals surface area contributed by atoms with Crippen LogP contribution in [0.15, 0.2) is 42.6 Å². The van der Waals surface area contributed by atoms with Gasteiger partial charge < -0.3 is 20.7 Å². The molecule has 3 rings (SSSR count). The molecule has 0 spiro atoms. The van der Waals surface area contributed by atoms with Crippen molar-refractivity contribution in [2.45, 2.75) is 13.5 Å². The first kappa shape index (κ1) is 19.4. The van der Waals surface area contributed by atoms with E-state index in [9.17, 15) is 4.79 Å². The fourth-order valence-corrected chi connectivity index (χ4v) is 2.88. The topological polar surface area (TPSA) is 100 Å². The number of anilines is 3. The molecule has 0 aliphatic rings. The van der Waals surface area contributed by atoms with Gasteiger partial charge in [0.25, 0.3) is 0 Å². The molecule has 0 saturated carbocycles. The van der Waals surface area contributed by atoms with E-state index in [1.165, 1.54) is 0 Å². The molecule has 0 atom stereocenters. The monoisotopic (exact) mass is 380 g/mol. The Balaban J connectivity index is 1.99. The molecule has 2 aromatic heterocycles. The van der Waals surface area contributed by atoms with Crippen LogP contribution in [-0.2, 0) is 6.54 Å². The molecule has 8 nitrogen and oxygen atoms in total. The van der Waals surface area contributed by atoms with E-state index in [0.29, 0.717) is 30.6 Å². The summed E-state index contributed by atoms with van der Waals surface area (Å²) in [5, 5.41) is 13.9. The number of methoxy groups -OCH3 is 1. The first-order chi connectivity index (χ1) is 13.6. The summed E-state index contributed by atoms with van der Waals surface area (Å²) >= 11 is 0. The average molecular weight is 380 g/mol. The predicted molar refractivity (Wildman–Crippen MR) is 111 cm³/mol. The van der Waals surface area contributed by atoms with Crippen LogP contribution in [0.3, 0.4) is 0 Å². The lowest BCUT2D eigenvalue weighted by molar-refractivity contribution is 0.252. The first-order valence-electron chi connectivity index (χ1n) is 9.03. The van der Waals surface area contributed by atoms with Crippen molar-refractivity contribution in [3.05, 3.63) is 48.2 Å². The van der Waals surface area contributed by atoms with Crippen molar-refractivity contribution < 1.29 is 9.53 Å². The van der Waals surface area contributed by atoms with E-state index >= 15 is 0 Å². The maximum Gasteiger partial charge on any atom is 0.320 e. The number of ether oxygens (including phenoxy) is 1. The summed E-state index contributed by atoms with van der Waals surface area (Å²) in [6.45, 7) is 3.10. The third kappa shape index (κ3) is 4.47. The van der Waals surface area contributed by atoms with Crippen LogP contribution in [0.1, 0.15) is 12.5 Å². The zero-order valence-corrected chi connectivity index (χ0v) is 16.2. The highest BCUT2D eigenvalue weighted by atomic mass is 16.5. The number of amides is 2. The lowest BCUT2D eigenvalue weighted by Gasteiger charge is -2.14. The summed E-state index contributed by atoms with van der Waals surface area (Å²) in [7, 11) is 3.48. The fraction of sp³-hybridized carbons (Fsp3) is 0.250. The molecule has 0 fully saturated rings. The minimum atomic E-state index is -0.278. The Hall–Kier alpha value is -3.39. The number of hydrogen-bond acceptors (Lipinski definition) is 6. The van der Waals surface area contributed by atoms with Crippen molar-refractivity contribution in [3.63, 3.8) is 0 Å². The summed E-state index contributed by atoms with van der Waals surface area (Å²) in [5.74, 6) is 1.70. The lowest BCUT2D eigenvalue weighted by Crippen LogP contribution is -2.28. The molecule has 4 N–H and O–H groups in total. The SMILES string of the molecule is CCNC(=O)Nc1cc2c(CNC)ccc(Nc3cccc(OC)n3)c2cn1. The van der Waals surface area contributed by atoms with E-state index in [1.807, 2.05) is 44.3 Å². The number of hydrogen-bond donors (Lipinski definition) is 4. The van der Waals surface area contributed by atoms with Crippen molar-refractivity contribution >= 4 is 34.1 Å². The van der Waals surface area contributed by atoms with Gasteiger partial charge in [0.05, 0.1) is 7.11 Å². The highest BCUT2D eigenvalue weighted by Gasteiger charge is 2.10. The number of rotatable bonds is 7. The number of carbonyl (C=O) groups excluding carboxylic acids is 1. The van der Waals surface area contributed by atoms with Gasteiger partial charge in [-0.3, -0.25) is 5.32 Å². The molecule has 0 saturated heterocycles. The van der Waals surface area contributed by atoms with E-state index in [2.05, 4.69) is 31.2 Å². The third-order valence-corrected chi connectivity index (χ3v) is 4.13. The van der Waals surface area contributed by atoms with Gasteiger partial charge in [0.15, 0.2) is 0 Å². The molecule has 3 aromatic rings. The standard InChI is InChI=1S/C20H24N6O2/c1-4-22-20(27)26-18-10-14-13(11-21-2)8-9-16(15(14)12-23-18)24-17-6-5-7-19(25-17)28-3/h5-10,12,21H,4,11H2,1-3H3,(H,24,25)(H2,22,23,26,27). The minimum Gasteiger partial charge on any atom is -0.481 e. The molecular formula is C20H24N6O2. The average Bonchev–Trinajstić information content (AvgIpc) is 2.70. The second kappa shape index (κ2) is 9.01. The minimum absolute atomic E-state index is 0.278. The van der Waals surface area contributed by atoms with Crippen molar-refractivity contribution in [1.82, 2.24) is 20.6 Å². The molecule has 8 heteroatoms. The molecule has 0 aliphatic heterocycles. The van der Waals surface area contributed by atoms with E-state index < -0.39 is 0 Å². The maximum absolute atomic E-state index is 11.8. The highest BCUT2D eigenvalue weighted by Crippen LogP contribution is 2.30. The van der Waals surface area contributed by atoms with E-state index in [1.54, 1.807) is 19.4 Å². The van der Waals surface area contributed by atoms with Crippen LogP contribution >= 0.6 is 0 Å². The Morgan fingerprint density at radius 3 is 2.75 bits per heavy atom. The summed E-state index contributed by atoms with van der Waals surface area (Å²) in [5.41, 5.74) is 1.97. The van der Waals surface area contributed by atoms with Gasteiger partial charge >= 0.3 is 6.03 Å². The van der Waals surface area contributed by atoms with Gasteiger partial charge in [-0.25, -0.2) is 9.78 Å². The molecule has 2 heterocycles. The smallest absolute Gasteiger partial charge is 0.320 e. The Bertz CT molecular complexity index is 976. The van der Waals surface area contributed by atoms with Crippen LogP contribution in [-0.4, -0.2) is 36.7 Å². The van der Waals surface area contributed by atoms with Gasteiger partial charge in [0.1, 0.15) is 11.6 Å². The molecule has 28 heavy (non-hydrogen) atoms. The maximum atomic E-state index is 11.8. The van der Waals surface area contributed by atoms with Crippen molar-refractivity contribution in [2.75, 3.05) is 31.3 Å². The molecule has 0 unspecified atom stereocenters. The summed E-state index contributed by atoms with van der Waals surface area (Å²) < 4.78 is 5.19. The predicted octanol–water partition coefficient (Wildman–Crippen LogP) is 3.24. The third-order valence-electron chi connectivity index (χ3n) is 4.13. The molecule has 0 bridgehead atoms. The van der Waals surface area contributed by atoms with Crippen LogP contribution in [0.25, 0.3) is 10.8 Å². The lowest BCUT2D eigenvalue weighted by atomic mass is 10.0. The van der Waals surface area contributed by atoms with Crippen LogP contribution in [0.5, 0.6) is 5.88 Å². The van der Waals surface area contributed by atoms with Crippen molar-refractivity contribution in [1.29, 1.82) is 0 Å². The second-order valence-electron chi connectivity index (χ2n) is 6.09. The first-order valence-corrected chi connectivity index (χ1v) is 9.03. The van der Waals surface area contributed by atoms with Crippen molar-refractivity contribution in [2.24, 2.45) is 0 Å². The summed E-state index contributed by atoms with van der Waals surface area (Å²) in [6, 6.07) is 11.2. The van der Waals surface area contributed by atoms with Crippen LogP contribution < -0.4 is 26.0 Å². The number of benzene rings is 1. The zero-order chi connectivity index (χ0) is 19.9. The summed E-state index contributed by atoms with van der Waals surface area (Å²) in [6.07, 6.45) is 1.75. The second-order valence-corrected chi connectivity index (χ2v) is 6.09. The number of fused-ring (bicyclic) bond motifs is 1. The molecule has 1 aromatic carbocycles. The fourth-order valence-electron chi connectivity index (χ4n) is 2.88. The molecule has 0 radical (unpaired) electrons. The largest absolute Gasteiger partial charge is 0.481 e. The van der Waals surface area contributed by atoms with Gasteiger partial charge in [-0.05, 0) is 43.1 Å². The van der Waals surface area contributed by atoms with Gasteiger partial charge in [0, 0.05) is 36.4 Å². The number of pyridine rings is 2. The van der Waals surface area contributed by atoms with Gasteiger partial charge in [0.2, 0.25) is 5.88 Å². The van der Waals surface area contributed by atoms with Crippen LogP contribution in [0.4, 0.5) is 22.1 Å². The Morgan fingerprint density at radius 1 is 1.14 bits per heavy atom. The number of nitrogens with zero attached hydrogens (tertiary/aromatic N) is 2. The van der Waals surface area contributed by atoms with E-state index in [0.717, 1.165) is 22.0 Å². The molecule has 146 valence electrons. The zero-order valence-electron chi connectivity index (χ0n) is 16.2. The highest BCUT2D eigenvalue weighted by molar-refractivity contribution is 5.99. The number of carbonyl (C=O) groups is 1. The van der Waals surface area contributed by atoms with Crippen LogP contribution in [0.2, 0.25) is 0 Å². The quantitative estimate of drug-likeness (QED) is 0.502. The van der Waals surface area contributed by atoms with Gasteiger partial charge in [-0.1, -0.05) is 12.1 Å². The normalized spacial score (nSPS) is 10.5. The Labute approximate surface area is 163 Å². The number of aromatic nitrogens is 2. The molecular weight excluding hydrogens is 356 g/mol. The Kier molecular flexibility index (Phi) is 6.23. The van der Waals surface area contributed by atoms with Crippen molar-refractivity contribution in [3.8, 4) is 5.88 Å². The number of urea groups is 1. The van der Waals surface area contributed by atoms with Gasteiger partial charge in [-0.2, -0.15) is 4.98 Å². The van der Waals surface area contributed by atoms with Crippen LogP contribution in [0, 0.1) is 0 Å². The molecule has 0 aliphatic carbocycles. The number of nitrogens with one attached hydrogen (secondary N) is 4. The molecule has 2 amide bonds.